The quantitative estimate of drug-likeness (QED) is 0.545. The summed E-state index contributed by atoms with van der Waals surface area (Å²) in [5.74, 6) is 3.31. The van der Waals surface area contributed by atoms with Crippen LogP contribution in [0, 0.1) is 12.2 Å². The maximum absolute atomic E-state index is 6.01. The standard InChI is InChI=1S/C17H11BClNO/c1-2-18(14-8-4-9-15(19)12-14)21-16-10-3-6-13-7-5-11-20-17(13)16/h1,3-12H. The topological polar surface area (TPSA) is 22.1 Å². The van der Waals surface area contributed by atoms with Gasteiger partial charge in [0.05, 0.1) is 0 Å². The van der Waals surface area contributed by atoms with Gasteiger partial charge in [-0.25, -0.2) is 0 Å². The smallest absolute Gasteiger partial charge is 0.480 e. The van der Waals surface area contributed by atoms with E-state index in [9.17, 15) is 0 Å². The molecule has 1 heterocycles. The van der Waals surface area contributed by atoms with Crippen LogP contribution in [0.4, 0.5) is 0 Å². The predicted molar refractivity (Wildman–Crippen MR) is 88.0 cm³/mol. The zero-order valence-electron chi connectivity index (χ0n) is 11.2. The Balaban J connectivity index is 1.99. The third kappa shape index (κ3) is 2.86. The molecule has 0 saturated heterocycles. The van der Waals surface area contributed by atoms with E-state index in [4.69, 9.17) is 22.7 Å². The molecule has 0 spiro atoms. The van der Waals surface area contributed by atoms with E-state index in [1.807, 2.05) is 48.5 Å². The van der Waals surface area contributed by atoms with Crippen molar-refractivity contribution in [2.75, 3.05) is 0 Å². The summed E-state index contributed by atoms with van der Waals surface area (Å²) in [6.07, 6.45) is 7.34. The number of hydrogen-bond acceptors (Lipinski definition) is 2. The molecule has 0 unspecified atom stereocenters. The number of benzene rings is 2. The van der Waals surface area contributed by atoms with E-state index in [0.717, 1.165) is 16.4 Å². The van der Waals surface area contributed by atoms with Crippen LogP contribution in [0.2, 0.25) is 5.02 Å². The van der Waals surface area contributed by atoms with E-state index in [0.29, 0.717) is 10.8 Å². The van der Waals surface area contributed by atoms with Crippen molar-refractivity contribution in [3.8, 4) is 18.0 Å². The fraction of sp³-hybridized carbons (Fsp3) is 0. The lowest BCUT2D eigenvalue weighted by molar-refractivity contribution is 0.598. The number of aromatic nitrogens is 1. The summed E-state index contributed by atoms with van der Waals surface area (Å²) < 4.78 is 5.96. The summed E-state index contributed by atoms with van der Waals surface area (Å²) in [5, 5.41) is 1.64. The van der Waals surface area contributed by atoms with Crippen molar-refractivity contribution in [2.24, 2.45) is 0 Å². The van der Waals surface area contributed by atoms with Crippen molar-refractivity contribution in [2.45, 2.75) is 0 Å². The number of para-hydroxylation sites is 1. The molecule has 4 heteroatoms. The minimum Gasteiger partial charge on any atom is -0.544 e. The first-order valence-corrected chi connectivity index (χ1v) is 6.88. The molecule has 0 amide bonds. The Kier molecular flexibility index (Phi) is 3.81. The van der Waals surface area contributed by atoms with Gasteiger partial charge in [0.2, 0.25) is 0 Å². The van der Waals surface area contributed by atoms with Gasteiger partial charge >= 0.3 is 6.92 Å². The fourth-order valence-corrected chi connectivity index (χ4v) is 2.36. The molecule has 3 aromatic rings. The van der Waals surface area contributed by atoms with Gasteiger partial charge in [0.1, 0.15) is 11.3 Å². The zero-order valence-corrected chi connectivity index (χ0v) is 11.9. The highest BCUT2D eigenvalue weighted by Gasteiger charge is 2.19. The molecule has 0 saturated carbocycles. The second-order valence-corrected chi connectivity index (χ2v) is 4.99. The van der Waals surface area contributed by atoms with Crippen molar-refractivity contribution < 1.29 is 4.65 Å². The van der Waals surface area contributed by atoms with Gasteiger partial charge in [-0.3, -0.25) is 4.98 Å². The summed E-state index contributed by atoms with van der Waals surface area (Å²) >= 11 is 6.01. The van der Waals surface area contributed by atoms with Gasteiger partial charge in [-0.05, 0) is 29.7 Å². The monoisotopic (exact) mass is 291 g/mol. The first-order chi connectivity index (χ1) is 10.3. The van der Waals surface area contributed by atoms with Gasteiger partial charge in [0.25, 0.3) is 0 Å². The predicted octanol–water partition coefficient (Wildman–Crippen LogP) is 3.34. The average molecular weight is 292 g/mol. The van der Waals surface area contributed by atoms with Gasteiger partial charge in [-0.2, -0.15) is 0 Å². The van der Waals surface area contributed by atoms with Crippen molar-refractivity contribution >= 4 is 34.9 Å². The van der Waals surface area contributed by atoms with Crippen LogP contribution >= 0.6 is 11.6 Å². The second kappa shape index (κ2) is 5.91. The van der Waals surface area contributed by atoms with Crippen LogP contribution in [0.15, 0.2) is 60.8 Å². The summed E-state index contributed by atoms with van der Waals surface area (Å²) in [4.78, 5) is 4.36. The van der Waals surface area contributed by atoms with Crippen LogP contribution in [0.25, 0.3) is 10.9 Å². The van der Waals surface area contributed by atoms with Crippen LogP contribution in [-0.2, 0) is 0 Å². The molecule has 2 nitrogen and oxygen atoms in total. The Bertz CT molecular complexity index is 823. The maximum atomic E-state index is 6.01. The molecule has 1 aromatic heterocycles. The summed E-state index contributed by atoms with van der Waals surface area (Å²) in [6.45, 7) is -0.503. The number of fused-ring (bicyclic) bond motifs is 1. The van der Waals surface area contributed by atoms with Crippen LogP contribution in [0.5, 0.6) is 5.75 Å². The zero-order chi connectivity index (χ0) is 14.7. The molecule has 0 N–H and O–H groups in total. The van der Waals surface area contributed by atoms with Crippen molar-refractivity contribution in [3.05, 3.63) is 65.8 Å². The number of terminal acetylenes is 1. The van der Waals surface area contributed by atoms with Crippen LogP contribution in [0.1, 0.15) is 0 Å². The van der Waals surface area contributed by atoms with Gasteiger partial charge in [-0.1, -0.05) is 41.9 Å². The highest BCUT2D eigenvalue weighted by Crippen LogP contribution is 2.23. The van der Waals surface area contributed by atoms with E-state index in [-0.39, 0.29) is 0 Å². The number of pyridine rings is 1. The summed E-state index contributed by atoms with van der Waals surface area (Å²) in [7, 11) is 0. The van der Waals surface area contributed by atoms with Gasteiger partial charge in [-0.15, -0.1) is 12.2 Å². The molecule has 0 aliphatic heterocycles. The van der Waals surface area contributed by atoms with Crippen molar-refractivity contribution in [1.29, 1.82) is 0 Å². The van der Waals surface area contributed by atoms with Crippen LogP contribution in [0.3, 0.4) is 0 Å². The normalized spacial score (nSPS) is 10.1. The number of hydrogen-bond donors (Lipinski definition) is 0. The average Bonchev–Trinajstić information content (AvgIpc) is 2.52. The molecule has 3 rings (SSSR count). The molecule has 21 heavy (non-hydrogen) atoms. The van der Waals surface area contributed by atoms with E-state index in [1.54, 1.807) is 12.3 Å². The summed E-state index contributed by atoms with van der Waals surface area (Å²) in [6, 6.07) is 17.0. The van der Waals surface area contributed by atoms with E-state index in [2.05, 4.69) is 10.8 Å². The molecular formula is C17H11BClNO. The lowest BCUT2D eigenvalue weighted by atomic mass is 9.62. The number of rotatable bonds is 3. The Morgan fingerprint density at radius 2 is 1.90 bits per heavy atom. The SMILES string of the molecule is C#CB(Oc1cccc2cccnc12)c1cccc(Cl)c1. The van der Waals surface area contributed by atoms with Crippen LogP contribution < -0.4 is 10.1 Å². The third-order valence-corrected chi connectivity index (χ3v) is 3.38. The fourth-order valence-electron chi connectivity index (χ4n) is 2.17. The first-order valence-electron chi connectivity index (χ1n) is 6.50. The first kappa shape index (κ1) is 13.5. The van der Waals surface area contributed by atoms with Gasteiger partial charge in [0.15, 0.2) is 0 Å². The van der Waals surface area contributed by atoms with Gasteiger partial charge in [0, 0.05) is 16.6 Å². The second-order valence-electron chi connectivity index (χ2n) is 4.55. The van der Waals surface area contributed by atoms with Gasteiger partial charge < -0.3 is 4.65 Å². The molecule has 0 radical (unpaired) electrons. The molecule has 2 aromatic carbocycles. The summed E-state index contributed by atoms with van der Waals surface area (Å²) in [5.41, 5.74) is 1.64. The third-order valence-electron chi connectivity index (χ3n) is 3.14. The molecular weight excluding hydrogens is 280 g/mol. The van der Waals surface area contributed by atoms with Crippen molar-refractivity contribution in [3.63, 3.8) is 0 Å². The molecule has 0 aliphatic rings. The number of halogens is 1. The Labute approximate surface area is 128 Å². The lowest BCUT2D eigenvalue weighted by Gasteiger charge is -2.13. The highest BCUT2D eigenvalue weighted by molar-refractivity contribution is 6.75. The molecule has 0 fully saturated rings. The Hall–Kier alpha value is -2.44. The number of nitrogens with zero attached hydrogens (tertiary/aromatic N) is 1. The minimum absolute atomic E-state index is 0.503. The Morgan fingerprint density at radius 3 is 2.71 bits per heavy atom. The van der Waals surface area contributed by atoms with E-state index >= 15 is 0 Å². The molecule has 0 aliphatic carbocycles. The minimum atomic E-state index is -0.503. The maximum Gasteiger partial charge on any atom is 0.480 e. The van der Waals surface area contributed by atoms with E-state index < -0.39 is 6.92 Å². The van der Waals surface area contributed by atoms with Crippen molar-refractivity contribution in [1.82, 2.24) is 4.98 Å². The molecule has 0 bridgehead atoms. The van der Waals surface area contributed by atoms with Crippen LogP contribution in [-0.4, -0.2) is 11.9 Å². The molecule has 100 valence electrons. The molecule has 0 atom stereocenters. The Morgan fingerprint density at radius 1 is 1.10 bits per heavy atom. The highest BCUT2D eigenvalue weighted by atomic mass is 35.5. The van der Waals surface area contributed by atoms with E-state index in [1.165, 1.54) is 0 Å². The lowest BCUT2D eigenvalue weighted by Crippen LogP contribution is -2.35. The largest absolute Gasteiger partial charge is 0.544 e.